The van der Waals surface area contributed by atoms with Gasteiger partial charge in [0.1, 0.15) is 24.0 Å². The molecular formula is C24H27BrN2O5. The lowest BCUT2D eigenvalue weighted by molar-refractivity contribution is -0.160. The first-order valence-corrected chi connectivity index (χ1v) is 11.2. The third kappa shape index (κ3) is 5.88. The van der Waals surface area contributed by atoms with E-state index in [1.807, 2.05) is 24.3 Å². The van der Waals surface area contributed by atoms with Crippen molar-refractivity contribution >= 4 is 33.7 Å². The van der Waals surface area contributed by atoms with Crippen molar-refractivity contribution in [1.29, 1.82) is 0 Å². The summed E-state index contributed by atoms with van der Waals surface area (Å²) in [5, 5.41) is 0. The van der Waals surface area contributed by atoms with Crippen LogP contribution in [0, 0.1) is 0 Å². The van der Waals surface area contributed by atoms with Crippen LogP contribution in [0.3, 0.4) is 0 Å². The highest BCUT2D eigenvalue weighted by Gasteiger charge is 2.39. The van der Waals surface area contributed by atoms with E-state index in [9.17, 15) is 14.4 Å². The van der Waals surface area contributed by atoms with Gasteiger partial charge in [-0.2, -0.15) is 0 Å². The van der Waals surface area contributed by atoms with Gasteiger partial charge < -0.3 is 20.1 Å². The summed E-state index contributed by atoms with van der Waals surface area (Å²) in [6.07, 6.45) is 0.0640. The third-order valence-corrected chi connectivity index (χ3v) is 5.45. The molecule has 170 valence electrons. The zero-order chi connectivity index (χ0) is 23.5. The smallest absolute Gasteiger partial charge is 0.329 e. The van der Waals surface area contributed by atoms with Crippen molar-refractivity contribution in [2.24, 2.45) is 5.73 Å². The van der Waals surface area contributed by atoms with Crippen molar-refractivity contribution in [2.45, 2.75) is 58.4 Å². The van der Waals surface area contributed by atoms with Crippen LogP contribution < -0.4 is 10.5 Å². The largest absolute Gasteiger partial charge is 0.489 e. The second kappa shape index (κ2) is 9.73. The molecule has 2 aromatic rings. The van der Waals surface area contributed by atoms with Crippen LogP contribution in [0.15, 0.2) is 46.9 Å². The van der Waals surface area contributed by atoms with E-state index in [1.165, 1.54) is 4.90 Å². The molecule has 3 rings (SSSR count). The van der Waals surface area contributed by atoms with E-state index in [1.54, 1.807) is 39.0 Å². The van der Waals surface area contributed by atoms with E-state index in [2.05, 4.69) is 15.9 Å². The van der Waals surface area contributed by atoms with Gasteiger partial charge in [0.25, 0.3) is 5.91 Å². The highest BCUT2D eigenvalue weighted by Crippen LogP contribution is 2.34. The Bertz CT molecular complexity index is 1030. The van der Waals surface area contributed by atoms with Gasteiger partial charge in [0, 0.05) is 22.0 Å². The van der Waals surface area contributed by atoms with Crippen molar-refractivity contribution in [3.8, 4) is 5.75 Å². The van der Waals surface area contributed by atoms with Gasteiger partial charge >= 0.3 is 5.97 Å². The molecule has 0 aromatic heterocycles. The summed E-state index contributed by atoms with van der Waals surface area (Å²) < 4.78 is 12.5. The van der Waals surface area contributed by atoms with Crippen LogP contribution in [0.25, 0.3) is 0 Å². The minimum Gasteiger partial charge on any atom is -0.489 e. The molecule has 0 radical (unpaired) electrons. The van der Waals surface area contributed by atoms with Crippen molar-refractivity contribution < 1.29 is 23.9 Å². The molecule has 1 aliphatic rings. The number of hydrogen-bond acceptors (Lipinski definition) is 5. The fourth-order valence-electron chi connectivity index (χ4n) is 3.55. The zero-order valence-corrected chi connectivity index (χ0v) is 20.0. The maximum atomic E-state index is 13.2. The second-order valence-corrected chi connectivity index (χ2v) is 9.60. The molecule has 0 aliphatic carbocycles. The third-order valence-electron chi connectivity index (χ3n) is 4.96. The molecule has 0 fully saturated rings. The molecule has 2 amide bonds. The van der Waals surface area contributed by atoms with E-state index in [0.29, 0.717) is 23.5 Å². The number of nitrogens with two attached hydrogens (primary N) is 1. The lowest BCUT2D eigenvalue weighted by atomic mass is 10.1. The topological polar surface area (TPSA) is 98.9 Å². The van der Waals surface area contributed by atoms with Gasteiger partial charge in [-0.05, 0) is 57.0 Å². The number of carbonyl (C=O) groups is 3. The Labute approximate surface area is 196 Å². The van der Waals surface area contributed by atoms with Crippen LogP contribution in [-0.4, -0.2) is 34.3 Å². The molecule has 1 aliphatic heterocycles. The van der Waals surface area contributed by atoms with Gasteiger partial charge in [0.15, 0.2) is 0 Å². The molecule has 0 spiro atoms. The van der Waals surface area contributed by atoms with Gasteiger partial charge in [0.2, 0.25) is 5.91 Å². The normalized spacial score (nSPS) is 14.1. The molecule has 8 heteroatoms. The highest BCUT2D eigenvalue weighted by molar-refractivity contribution is 9.10. The van der Waals surface area contributed by atoms with Crippen molar-refractivity contribution in [3.05, 3.63) is 63.6 Å². The lowest BCUT2D eigenvalue weighted by Gasteiger charge is -2.29. The Morgan fingerprint density at radius 3 is 2.56 bits per heavy atom. The summed E-state index contributed by atoms with van der Waals surface area (Å²) in [4.78, 5) is 38.8. The van der Waals surface area contributed by atoms with Gasteiger partial charge in [0.05, 0.1) is 6.54 Å². The molecule has 7 nitrogen and oxygen atoms in total. The van der Waals surface area contributed by atoms with Crippen LogP contribution in [0.4, 0.5) is 0 Å². The first-order valence-electron chi connectivity index (χ1n) is 10.4. The Morgan fingerprint density at radius 1 is 1.19 bits per heavy atom. The first kappa shape index (κ1) is 23.8. The Hall–Kier alpha value is -2.87. The minimum atomic E-state index is -0.917. The standard InChI is InChI=1S/C24H27BrN2O5/c1-24(2,3)32-23(30)19(10-11-21(26)28)27-13-18-17(22(27)29)8-5-9-20(18)31-14-15-6-4-7-16(25)12-15/h4-9,12,19H,10-11,13-14H2,1-3H3,(H2,26,28). The predicted octanol–water partition coefficient (Wildman–Crippen LogP) is 3.96. The monoisotopic (exact) mass is 502 g/mol. The molecule has 2 aromatic carbocycles. The average molecular weight is 503 g/mol. The molecule has 0 bridgehead atoms. The van der Waals surface area contributed by atoms with Crippen LogP contribution >= 0.6 is 15.9 Å². The molecule has 1 atom stereocenters. The van der Waals surface area contributed by atoms with E-state index in [-0.39, 0.29) is 25.3 Å². The average Bonchev–Trinajstić information content (AvgIpc) is 3.02. The maximum absolute atomic E-state index is 13.2. The summed E-state index contributed by atoms with van der Waals surface area (Å²) in [5.41, 5.74) is 6.73. The summed E-state index contributed by atoms with van der Waals surface area (Å²) in [6, 6.07) is 12.1. The Morgan fingerprint density at radius 2 is 1.91 bits per heavy atom. The fourth-order valence-corrected chi connectivity index (χ4v) is 4.00. The SMILES string of the molecule is CC(C)(C)OC(=O)C(CCC(N)=O)N1Cc2c(OCc3cccc(Br)c3)cccc2C1=O. The molecule has 2 N–H and O–H groups in total. The number of esters is 1. The minimum absolute atomic E-state index is 0.0315. The van der Waals surface area contributed by atoms with Crippen LogP contribution in [-0.2, 0) is 27.5 Å². The summed E-state index contributed by atoms with van der Waals surface area (Å²) in [7, 11) is 0. The number of carbonyl (C=O) groups excluding carboxylic acids is 3. The van der Waals surface area contributed by atoms with Gasteiger partial charge in [-0.25, -0.2) is 4.79 Å². The molecule has 0 saturated carbocycles. The second-order valence-electron chi connectivity index (χ2n) is 8.69. The number of halogens is 1. The first-order chi connectivity index (χ1) is 15.0. The molecule has 1 heterocycles. The maximum Gasteiger partial charge on any atom is 0.329 e. The van der Waals surface area contributed by atoms with Gasteiger partial charge in [-0.15, -0.1) is 0 Å². The van der Waals surface area contributed by atoms with E-state index < -0.39 is 23.5 Å². The van der Waals surface area contributed by atoms with Crippen molar-refractivity contribution in [3.63, 3.8) is 0 Å². The van der Waals surface area contributed by atoms with Crippen molar-refractivity contribution in [1.82, 2.24) is 4.90 Å². The van der Waals surface area contributed by atoms with Gasteiger partial charge in [-0.1, -0.05) is 34.1 Å². The van der Waals surface area contributed by atoms with E-state index in [0.717, 1.165) is 10.0 Å². The number of amides is 2. The van der Waals surface area contributed by atoms with Crippen LogP contribution in [0.1, 0.15) is 55.1 Å². The number of rotatable bonds is 8. The van der Waals surface area contributed by atoms with Gasteiger partial charge in [-0.3, -0.25) is 9.59 Å². The number of primary amides is 1. The van der Waals surface area contributed by atoms with Crippen LogP contribution in [0.5, 0.6) is 5.75 Å². The molecular weight excluding hydrogens is 476 g/mol. The number of ether oxygens (including phenoxy) is 2. The van der Waals surface area contributed by atoms with Crippen molar-refractivity contribution in [2.75, 3.05) is 0 Å². The number of fused-ring (bicyclic) bond motifs is 1. The van der Waals surface area contributed by atoms with E-state index in [4.69, 9.17) is 15.2 Å². The summed E-state index contributed by atoms with van der Waals surface area (Å²) in [5.74, 6) is -0.818. The number of benzene rings is 2. The lowest BCUT2D eigenvalue weighted by Crippen LogP contribution is -2.45. The Kier molecular flexibility index (Phi) is 7.23. The predicted molar refractivity (Wildman–Crippen MR) is 123 cm³/mol. The molecule has 0 saturated heterocycles. The van der Waals surface area contributed by atoms with E-state index >= 15 is 0 Å². The molecule has 32 heavy (non-hydrogen) atoms. The molecule has 1 unspecified atom stereocenters. The zero-order valence-electron chi connectivity index (χ0n) is 18.4. The number of hydrogen-bond donors (Lipinski definition) is 1. The summed E-state index contributed by atoms with van der Waals surface area (Å²) >= 11 is 3.45. The van der Waals surface area contributed by atoms with Crippen LogP contribution in [0.2, 0.25) is 0 Å². The fraction of sp³-hybridized carbons (Fsp3) is 0.375. The number of nitrogens with zero attached hydrogens (tertiary/aromatic N) is 1. The Balaban J connectivity index is 1.82. The summed E-state index contributed by atoms with van der Waals surface area (Å²) in [6.45, 7) is 5.78. The quantitative estimate of drug-likeness (QED) is 0.550. The highest BCUT2D eigenvalue weighted by atomic mass is 79.9.